The van der Waals surface area contributed by atoms with Crippen LogP contribution >= 0.6 is 27.7 Å². The zero-order chi connectivity index (χ0) is 15.7. The van der Waals surface area contributed by atoms with Crippen molar-refractivity contribution in [2.45, 2.75) is 45.1 Å². The quantitative estimate of drug-likeness (QED) is 0.585. The van der Waals surface area contributed by atoms with Crippen LogP contribution in [-0.4, -0.2) is 36.8 Å². The second-order valence-electron chi connectivity index (χ2n) is 5.23. The van der Waals surface area contributed by atoms with E-state index in [2.05, 4.69) is 72.0 Å². The standard InChI is InChI=1S/C17H29BrN2S/c1-5-10-19-14(4)16-9-8-15(13-17(16)18)21-12-11-20(6-2)7-3/h8-9,13-14,19H,5-7,10-12H2,1-4H3. The van der Waals surface area contributed by atoms with Gasteiger partial charge in [0.1, 0.15) is 0 Å². The van der Waals surface area contributed by atoms with E-state index < -0.39 is 0 Å². The van der Waals surface area contributed by atoms with E-state index in [1.165, 1.54) is 21.4 Å². The van der Waals surface area contributed by atoms with Crippen LogP contribution in [0, 0.1) is 0 Å². The summed E-state index contributed by atoms with van der Waals surface area (Å²) in [5.74, 6) is 1.15. The lowest BCUT2D eigenvalue weighted by Crippen LogP contribution is -2.25. The third kappa shape index (κ3) is 6.72. The molecule has 1 atom stereocenters. The van der Waals surface area contributed by atoms with Gasteiger partial charge in [-0.05, 0) is 50.7 Å². The molecule has 1 aromatic rings. The molecule has 0 aliphatic heterocycles. The number of hydrogen-bond donors (Lipinski definition) is 1. The van der Waals surface area contributed by atoms with Gasteiger partial charge in [0.05, 0.1) is 0 Å². The normalized spacial score (nSPS) is 12.9. The molecular weight excluding hydrogens is 344 g/mol. The van der Waals surface area contributed by atoms with Crippen LogP contribution in [0.1, 0.15) is 45.7 Å². The zero-order valence-electron chi connectivity index (χ0n) is 13.8. The largest absolute Gasteiger partial charge is 0.310 e. The minimum Gasteiger partial charge on any atom is -0.310 e. The number of rotatable bonds is 10. The van der Waals surface area contributed by atoms with E-state index in [1.54, 1.807) is 0 Å². The molecule has 0 aliphatic rings. The van der Waals surface area contributed by atoms with Gasteiger partial charge in [-0.2, -0.15) is 0 Å². The van der Waals surface area contributed by atoms with Gasteiger partial charge in [0.25, 0.3) is 0 Å². The second-order valence-corrected chi connectivity index (χ2v) is 7.26. The Morgan fingerprint density at radius 2 is 1.95 bits per heavy atom. The van der Waals surface area contributed by atoms with Crippen LogP contribution < -0.4 is 5.32 Å². The highest BCUT2D eigenvalue weighted by molar-refractivity contribution is 9.10. The van der Waals surface area contributed by atoms with E-state index in [-0.39, 0.29) is 0 Å². The van der Waals surface area contributed by atoms with Crippen LogP contribution in [-0.2, 0) is 0 Å². The van der Waals surface area contributed by atoms with Gasteiger partial charge in [-0.3, -0.25) is 0 Å². The van der Waals surface area contributed by atoms with Crippen molar-refractivity contribution >= 4 is 27.7 Å². The van der Waals surface area contributed by atoms with Crippen molar-refractivity contribution in [1.82, 2.24) is 10.2 Å². The monoisotopic (exact) mass is 372 g/mol. The third-order valence-electron chi connectivity index (χ3n) is 3.71. The fourth-order valence-corrected chi connectivity index (χ4v) is 4.08. The van der Waals surface area contributed by atoms with E-state index in [4.69, 9.17) is 0 Å². The van der Waals surface area contributed by atoms with Gasteiger partial charge in [-0.25, -0.2) is 0 Å². The average Bonchev–Trinajstić information content (AvgIpc) is 2.49. The molecular formula is C17H29BrN2S. The van der Waals surface area contributed by atoms with Crippen LogP contribution in [0.25, 0.3) is 0 Å². The number of nitrogens with one attached hydrogen (secondary N) is 1. The van der Waals surface area contributed by atoms with Crippen LogP contribution in [0.5, 0.6) is 0 Å². The Kier molecular flexibility index (Phi) is 9.65. The maximum atomic E-state index is 3.72. The molecule has 0 spiro atoms. The number of hydrogen-bond acceptors (Lipinski definition) is 3. The van der Waals surface area contributed by atoms with Crippen molar-refractivity contribution in [3.8, 4) is 0 Å². The summed E-state index contributed by atoms with van der Waals surface area (Å²) in [4.78, 5) is 3.81. The smallest absolute Gasteiger partial charge is 0.0302 e. The summed E-state index contributed by atoms with van der Waals surface area (Å²) in [6, 6.07) is 7.15. The highest BCUT2D eigenvalue weighted by atomic mass is 79.9. The van der Waals surface area contributed by atoms with Crippen molar-refractivity contribution < 1.29 is 0 Å². The number of nitrogens with zero attached hydrogens (tertiary/aromatic N) is 1. The molecule has 1 N–H and O–H groups in total. The fraction of sp³-hybridized carbons (Fsp3) is 0.647. The average molecular weight is 373 g/mol. The summed E-state index contributed by atoms with van der Waals surface area (Å²) in [5.41, 5.74) is 1.34. The summed E-state index contributed by atoms with van der Waals surface area (Å²) in [7, 11) is 0. The topological polar surface area (TPSA) is 15.3 Å². The predicted molar refractivity (Wildman–Crippen MR) is 99.4 cm³/mol. The minimum absolute atomic E-state index is 0.397. The molecule has 4 heteroatoms. The molecule has 0 saturated carbocycles. The molecule has 0 fully saturated rings. The Morgan fingerprint density at radius 3 is 2.52 bits per heavy atom. The van der Waals surface area contributed by atoms with Crippen LogP contribution in [0.3, 0.4) is 0 Å². The molecule has 0 heterocycles. The van der Waals surface area contributed by atoms with Crippen LogP contribution in [0.2, 0.25) is 0 Å². The molecule has 120 valence electrons. The van der Waals surface area contributed by atoms with Crippen molar-refractivity contribution in [3.63, 3.8) is 0 Å². The van der Waals surface area contributed by atoms with E-state index >= 15 is 0 Å². The van der Waals surface area contributed by atoms with Gasteiger partial charge >= 0.3 is 0 Å². The maximum Gasteiger partial charge on any atom is 0.0302 e. The van der Waals surface area contributed by atoms with Gasteiger partial charge in [-0.1, -0.05) is 42.8 Å². The molecule has 0 saturated heterocycles. The first-order valence-electron chi connectivity index (χ1n) is 8.00. The highest BCUT2D eigenvalue weighted by Gasteiger charge is 2.09. The summed E-state index contributed by atoms with van der Waals surface area (Å²) >= 11 is 5.66. The van der Waals surface area contributed by atoms with Gasteiger partial charge in [0, 0.05) is 27.7 Å². The van der Waals surface area contributed by atoms with E-state index in [9.17, 15) is 0 Å². The fourth-order valence-electron chi connectivity index (χ4n) is 2.25. The summed E-state index contributed by atoms with van der Waals surface area (Å²) in [6.07, 6.45) is 1.17. The molecule has 0 bridgehead atoms. The predicted octanol–water partition coefficient (Wildman–Crippen LogP) is 4.94. The highest BCUT2D eigenvalue weighted by Crippen LogP contribution is 2.29. The Labute approximate surface area is 143 Å². The Hall–Kier alpha value is -0.0300. The summed E-state index contributed by atoms with van der Waals surface area (Å²) < 4.78 is 1.21. The molecule has 0 amide bonds. The number of thioether (sulfide) groups is 1. The number of benzene rings is 1. The van der Waals surface area contributed by atoms with Crippen LogP contribution in [0.15, 0.2) is 27.6 Å². The first kappa shape index (κ1) is 19.0. The van der Waals surface area contributed by atoms with E-state index in [0.29, 0.717) is 6.04 Å². The number of halogens is 1. The van der Waals surface area contributed by atoms with Crippen LogP contribution in [0.4, 0.5) is 0 Å². The maximum absolute atomic E-state index is 3.72. The van der Waals surface area contributed by atoms with Gasteiger partial charge in [0.2, 0.25) is 0 Å². The molecule has 21 heavy (non-hydrogen) atoms. The zero-order valence-corrected chi connectivity index (χ0v) is 16.2. The van der Waals surface area contributed by atoms with Gasteiger partial charge < -0.3 is 10.2 Å². The first-order chi connectivity index (χ1) is 10.1. The van der Waals surface area contributed by atoms with E-state index in [1.807, 2.05) is 11.8 Å². The van der Waals surface area contributed by atoms with Crippen molar-refractivity contribution in [2.75, 3.05) is 31.9 Å². The lowest BCUT2D eigenvalue weighted by molar-refractivity contribution is 0.324. The SMILES string of the molecule is CCCNC(C)c1ccc(SCCN(CC)CC)cc1Br. The van der Waals surface area contributed by atoms with E-state index in [0.717, 1.165) is 31.9 Å². The van der Waals surface area contributed by atoms with Gasteiger partial charge in [-0.15, -0.1) is 11.8 Å². The molecule has 1 aromatic carbocycles. The summed E-state index contributed by atoms with van der Waals surface area (Å²) in [6.45, 7) is 13.4. The molecule has 1 rings (SSSR count). The Balaban J connectivity index is 2.53. The molecule has 1 unspecified atom stereocenters. The molecule has 0 radical (unpaired) electrons. The second kappa shape index (κ2) is 10.7. The van der Waals surface area contributed by atoms with Crippen molar-refractivity contribution in [2.24, 2.45) is 0 Å². The first-order valence-corrected chi connectivity index (χ1v) is 9.78. The molecule has 0 aliphatic carbocycles. The summed E-state index contributed by atoms with van der Waals surface area (Å²) in [5, 5.41) is 3.54. The minimum atomic E-state index is 0.397. The molecule has 0 aromatic heterocycles. The lowest BCUT2D eigenvalue weighted by Gasteiger charge is -2.18. The van der Waals surface area contributed by atoms with Gasteiger partial charge in [0.15, 0.2) is 0 Å². The Bertz CT molecular complexity index is 408. The molecule has 2 nitrogen and oxygen atoms in total. The lowest BCUT2D eigenvalue weighted by atomic mass is 10.1. The van der Waals surface area contributed by atoms with Crippen molar-refractivity contribution in [3.05, 3.63) is 28.2 Å². The van der Waals surface area contributed by atoms with Crippen molar-refractivity contribution in [1.29, 1.82) is 0 Å². The Morgan fingerprint density at radius 1 is 1.24 bits per heavy atom. The third-order valence-corrected chi connectivity index (χ3v) is 5.37.